The van der Waals surface area contributed by atoms with Gasteiger partial charge in [0.05, 0.1) is 6.54 Å². The number of aliphatic hydroxyl groups excluding tert-OH is 1. The highest BCUT2D eigenvalue weighted by atomic mass is 16.4. The van der Waals surface area contributed by atoms with Crippen molar-refractivity contribution >= 4 is 0 Å². The molecular weight excluding hydrogens is 214 g/mol. The van der Waals surface area contributed by atoms with Crippen molar-refractivity contribution < 1.29 is 9.52 Å². The van der Waals surface area contributed by atoms with Gasteiger partial charge in [0.1, 0.15) is 18.1 Å². The molecule has 2 heterocycles. The maximum absolute atomic E-state index is 8.97. The van der Waals surface area contributed by atoms with Gasteiger partial charge in [0.25, 0.3) is 0 Å². The van der Waals surface area contributed by atoms with Gasteiger partial charge >= 0.3 is 0 Å². The summed E-state index contributed by atoms with van der Waals surface area (Å²) in [5.41, 5.74) is 0.631. The minimum atomic E-state index is 0.00391. The van der Waals surface area contributed by atoms with Crippen LogP contribution in [0.1, 0.15) is 43.6 Å². The maximum atomic E-state index is 8.97. The predicted octanol–water partition coefficient (Wildman–Crippen LogP) is 2.54. The van der Waals surface area contributed by atoms with Gasteiger partial charge < -0.3 is 9.52 Å². The molecule has 1 saturated heterocycles. The fourth-order valence-corrected chi connectivity index (χ4v) is 3.51. The highest BCUT2D eigenvalue weighted by Crippen LogP contribution is 2.45. The molecule has 1 aromatic rings. The zero-order chi connectivity index (χ0) is 11.7. The average molecular weight is 235 g/mol. The van der Waals surface area contributed by atoms with Gasteiger partial charge in [-0.25, -0.2) is 0 Å². The van der Waals surface area contributed by atoms with Crippen LogP contribution in [0, 0.1) is 5.41 Å². The number of likely N-dealkylation sites (tertiary alicyclic amines) is 1. The predicted molar refractivity (Wildman–Crippen MR) is 65.4 cm³/mol. The van der Waals surface area contributed by atoms with Gasteiger partial charge in [-0.05, 0) is 43.4 Å². The smallest absolute Gasteiger partial charge is 0.129 e. The quantitative estimate of drug-likeness (QED) is 0.874. The zero-order valence-corrected chi connectivity index (χ0v) is 10.3. The first-order chi connectivity index (χ1) is 8.30. The molecule has 0 amide bonds. The molecule has 3 rings (SSSR count). The Morgan fingerprint density at radius 2 is 1.94 bits per heavy atom. The van der Waals surface area contributed by atoms with Crippen LogP contribution in [-0.4, -0.2) is 23.1 Å². The van der Waals surface area contributed by atoms with E-state index in [0.29, 0.717) is 11.2 Å². The van der Waals surface area contributed by atoms with E-state index in [9.17, 15) is 0 Å². The molecule has 1 aliphatic heterocycles. The molecule has 0 unspecified atom stereocenters. The molecule has 0 aromatic carbocycles. The summed E-state index contributed by atoms with van der Waals surface area (Å²) in [5, 5.41) is 8.97. The summed E-state index contributed by atoms with van der Waals surface area (Å²) < 4.78 is 5.55. The third-order valence-electron chi connectivity index (χ3n) is 4.43. The normalized spacial score (nSPS) is 23.8. The van der Waals surface area contributed by atoms with E-state index in [0.717, 1.165) is 12.3 Å². The van der Waals surface area contributed by atoms with Crippen LogP contribution in [0.15, 0.2) is 16.5 Å². The van der Waals surface area contributed by atoms with Crippen LogP contribution in [0.4, 0.5) is 0 Å². The van der Waals surface area contributed by atoms with Gasteiger partial charge in [-0.2, -0.15) is 0 Å². The molecule has 17 heavy (non-hydrogen) atoms. The first-order valence-electron chi connectivity index (χ1n) is 6.71. The van der Waals surface area contributed by atoms with E-state index < -0.39 is 0 Å². The van der Waals surface area contributed by atoms with Crippen LogP contribution in [0.25, 0.3) is 0 Å². The molecule has 3 heteroatoms. The monoisotopic (exact) mass is 235 g/mol. The molecule has 2 fully saturated rings. The topological polar surface area (TPSA) is 36.6 Å². The Labute approximate surface area is 102 Å². The van der Waals surface area contributed by atoms with Gasteiger partial charge in [-0.3, -0.25) is 4.90 Å². The zero-order valence-electron chi connectivity index (χ0n) is 10.3. The number of hydrogen-bond donors (Lipinski definition) is 1. The second kappa shape index (κ2) is 4.46. The first kappa shape index (κ1) is 11.3. The van der Waals surface area contributed by atoms with E-state index in [1.807, 2.05) is 12.1 Å². The van der Waals surface area contributed by atoms with Gasteiger partial charge in [-0.1, -0.05) is 12.8 Å². The van der Waals surface area contributed by atoms with Crippen LogP contribution in [0.3, 0.4) is 0 Å². The van der Waals surface area contributed by atoms with Crippen molar-refractivity contribution in [2.45, 2.75) is 45.3 Å². The van der Waals surface area contributed by atoms with Crippen molar-refractivity contribution in [3.8, 4) is 0 Å². The van der Waals surface area contributed by atoms with Crippen LogP contribution >= 0.6 is 0 Å². The summed E-state index contributed by atoms with van der Waals surface area (Å²) in [6.45, 7) is 3.35. The minimum absolute atomic E-state index is 0.00391. The SMILES string of the molecule is OCc1ccc(CN2CCC3(CCCC3)C2)o1. The number of hydrogen-bond acceptors (Lipinski definition) is 3. The molecule has 1 spiro atoms. The lowest BCUT2D eigenvalue weighted by Crippen LogP contribution is -2.24. The standard InChI is InChI=1S/C14H21NO2/c16-10-13-4-3-12(17-13)9-15-8-7-14(11-15)5-1-2-6-14/h3-4,16H,1-2,5-11H2. The van der Waals surface area contributed by atoms with Gasteiger partial charge in [0, 0.05) is 6.54 Å². The molecular formula is C14H21NO2. The molecule has 1 aromatic heterocycles. The Bertz CT molecular complexity index is 379. The number of nitrogens with zero attached hydrogens (tertiary/aromatic N) is 1. The highest BCUT2D eigenvalue weighted by Gasteiger charge is 2.40. The van der Waals surface area contributed by atoms with E-state index in [2.05, 4.69) is 4.90 Å². The average Bonchev–Trinajstić information content (AvgIpc) is 3.03. The fraction of sp³-hybridized carbons (Fsp3) is 0.714. The molecule has 94 valence electrons. The van der Waals surface area contributed by atoms with Crippen molar-refractivity contribution in [2.24, 2.45) is 5.41 Å². The van der Waals surface area contributed by atoms with E-state index >= 15 is 0 Å². The van der Waals surface area contributed by atoms with Crippen molar-refractivity contribution in [2.75, 3.05) is 13.1 Å². The molecule has 1 N–H and O–H groups in total. The maximum Gasteiger partial charge on any atom is 0.129 e. The summed E-state index contributed by atoms with van der Waals surface area (Å²) in [6.07, 6.45) is 7.04. The Hall–Kier alpha value is -0.800. The summed E-state index contributed by atoms with van der Waals surface area (Å²) in [5.74, 6) is 1.67. The van der Waals surface area contributed by atoms with Crippen LogP contribution in [0.5, 0.6) is 0 Å². The van der Waals surface area contributed by atoms with Crippen molar-refractivity contribution in [1.82, 2.24) is 4.90 Å². The number of aliphatic hydroxyl groups is 1. The summed E-state index contributed by atoms with van der Waals surface area (Å²) in [4.78, 5) is 2.51. The second-order valence-electron chi connectivity index (χ2n) is 5.69. The van der Waals surface area contributed by atoms with E-state index in [-0.39, 0.29) is 6.61 Å². The van der Waals surface area contributed by atoms with E-state index in [1.54, 1.807) is 0 Å². The Balaban J connectivity index is 1.59. The molecule has 1 aliphatic carbocycles. The van der Waals surface area contributed by atoms with Gasteiger partial charge in [0.2, 0.25) is 0 Å². The van der Waals surface area contributed by atoms with Crippen LogP contribution < -0.4 is 0 Å². The lowest BCUT2D eigenvalue weighted by molar-refractivity contribution is 0.220. The Morgan fingerprint density at radius 1 is 1.18 bits per heavy atom. The van der Waals surface area contributed by atoms with Crippen LogP contribution in [0.2, 0.25) is 0 Å². The summed E-state index contributed by atoms with van der Waals surface area (Å²) in [6, 6.07) is 3.86. The van der Waals surface area contributed by atoms with Gasteiger partial charge in [-0.15, -0.1) is 0 Å². The third-order valence-corrected chi connectivity index (χ3v) is 4.43. The number of rotatable bonds is 3. The van der Waals surface area contributed by atoms with E-state index in [4.69, 9.17) is 9.52 Å². The minimum Gasteiger partial charge on any atom is -0.462 e. The molecule has 2 aliphatic rings. The molecule has 1 saturated carbocycles. The number of furan rings is 1. The highest BCUT2D eigenvalue weighted by molar-refractivity contribution is 5.07. The Morgan fingerprint density at radius 3 is 2.65 bits per heavy atom. The van der Waals surface area contributed by atoms with Crippen molar-refractivity contribution in [3.05, 3.63) is 23.7 Å². The third kappa shape index (κ3) is 2.26. The molecule has 0 bridgehead atoms. The fourth-order valence-electron chi connectivity index (χ4n) is 3.51. The Kier molecular flexibility index (Phi) is 2.97. The lowest BCUT2D eigenvalue weighted by atomic mass is 9.86. The van der Waals surface area contributed by atoms with Crippen molar-refractivity contribution in [3.63, 3.8) is 0 Å². The largest absolute Gasteiger partial charge is 0.462 e. The van der Waals surface area contributed by atoms with Crippen molar-refractivity contribution in [1.29, 1.82) is 0 Å². The molecule has 3 nitrogen and oxygen atoms in total. The molecule has 0 atom stereocenters. The lowest BCUT2D eigenvalue weighted by Gasteiger charge is -2.23. The van der Waals surface area contributed by atoms with E-state index in [1.165, 1.54) is 45.2 Å². The summed E-state index contributed by atoms with van der Waals surface area (Å²) in [7, 11) is 0. The first-order valence-corrected chi connectivity index (χ1v) is 6.71. The molecule has 0 radical (unpaired) electrons. The summed E-state index contributed by atoms with van der Waals surface area (Å²) >= 11 is 0. The second-order valence-corrected chi connectivity index (χ2v) is 5.69. The van der Waals surface area contributed by atoms with Crippen LogP contribution in [-0.2, 0) is 13.2 Å². The van der Waals surface area contributed by atoms with Gasteiger partial charge in [0.15, 0.2) is 0 Å².